The zero-order valence-corrected chi connectivity index (χ0v) is 13.7. The number of hydrogen-bond acceptors (Lipinski definition) is 3. The van der Waals surface area contributed by atoms with Crippen molar-refractivity contribution in [3.63, 3.8) is 0 Å². The van der Waals surface area contributed by atoms with Gasteiger partial charge in [0.25, 0.3) is 0 Å². The lowest BCUT2D eigenvalue weighted by molar-refractivity contribution is 0.0999. The van der Waals surface area contributed by atoms with E-state index in [9.17, 15) is 4.79 Å². The summed E-state index contributed by atoms with van der Waals surface area (Å²) in [4.78, 5) is 13.7. The van der Waals surface area contributed by atoms with E-state index in [1.54, 1.807) is 0 Å². The van der Waals surface area contributed by atoms with Crippen molar-refractivity contribution in [3.8, 4) is 0 Å². The maximum Gasteiger partial charge on any atom is 0.249 e. The second-order valence-electron chi connectivity index (χ2n) is 6.08. The van der Waals surface area contributed by atoms with E-state index in [0.717, 1.165) is 23.5 Å². The molecule has 2 aliphatic heterocycles. The highest BCUT2D eigenvalue weighted by atomic mass is 79.9. The maximum absolute atomic E-state index is 11.3. The number of amides is 1. The Morgan fingerprint density at radius 2 is 2.19 bits per heavy atom. The summed E-state index contributed by atoms with van der Waals surface area (Å²) in [5, 5.41) is 3.64. The van der Waals surface area contributed by atoms with Gasteiger partial charge in [0.05, 0.1) is 5.56 Å². The number of benzene rings is 1. The highest BCUT2D eigenvalue weighted by Crippen LogP contribution is 2.30. The number of nitrogens with two attached hydrogens (primary N) is 1. The minimum atomic E-state index is -0.389. The van der Waals surface area contributed by atoms with Crippen LogP contribution in [-0.4, -0.2) is 31.6 Å². The summed E-state index contributed by atoms with van der Waals surface area (Å²) < 4.78 is 0.786. The fourth-order valence-corrected chi connectivity index (χ4v) is 4.15. The number of anilines is 1. The Labute approximate surface area is 134 Å². The van der Waals surface area contributed by atoms with Gasteiger partial charge in [0.15, 0.2) is 0 Å². The van der Waals surface area contributed by atoms with Gasteiger partial charge in [-0.1, -0.05) is 0 Å². The first kappa shape index (κ1) is 14.9. The summed E-state index contributed by atoms with van der Waals surface area (Å²) in [6.07, 6.45) is 5.16. The monoisotopic (exact) mass is 351 g/mol. The Balaban J connectivity index is 1.73. The molecule has 5 heteroatoms. The van der Waals surface area contributed by atoms with Crippen LogP contribution in [0.1, 0.15) is 36.0 Å². The van der Waals surface area contributed by atoms with E-state index >= 15 is 0 Å². The van der Waals surface area contributed by atoms with Gasteiger partial charge in [-0.3, -0.25) is 4.79 Å². The molecular weight excluding hydrogens is 330 g/mol. The number of primary amides is 1. The fourth-order valence-electron chi connectivity index (χ4n) is 3.59. The quantitative estimate of drug-likeness (QED) is 0.879. The summed E-state index contributed by atoms with van der Waals surface area (Å²) in [5.74, 6) is 0.343. The smallest absolute Gasteiger partial charge is 0.249 e. The Hall–Kier alpha value is -1.07. The second kappa shape index (κ2) is 6.36. The van der Waals surface area contributed by atoms with Crippen molar-refractivity contribution in [2.24, 2.45) is 11.7 Å². The van der Waals surface area contributed by atoms with Crippen molar-refractivity contribution in [1.82, 2.24) is 5.32 Å². The number of nitrogens with one attached hydrogen (secondary N) is 1. The SMILES string of the molecule is NC(=O)c1ccc(N2CCCC(C3CCCN3)C2)cc1Br. The molecule has 2 saturated heterocycles. The van der Waals surface area contributed by atoms with Crippen molar-refractivity contribution < 1.29 is 4.79 Å². The first-order chi connectivity index (χ1) is 10.1. The molecule has 0 bridgehead atoms. The molecule has 1 aromatic rings. The van der Waals surface area contributed by atoms with Gasteiger partial charge in [0.1, 0.15) is 0 Å². The third kappa shape index (κ3) is 3.24. The van der Waals surface area contributed by atoms with Crippen LogP contribution >= 0.6 is 15.9 Å². The lowest BCUT2D eigenvalue weighted by Crippen LogP contribution is -2.43. The first-order valence-corrected chi connectivity index (χ1v) is 8.52. The van der Waals surface area contributed by atoms with Crippen molar-refractivity contribution in [2.75, 3.05) is 24.5 Å². The number of carbonyl (C=O) groups is 1. The van der Waals surface area contributed by atoms with Gasteiger partial charge in [0.2, 0.25) is 5.91 Å². The van der Waals surface area contributed by atoms with E-state index in [1.807, 2.05) is 18.2 Å². The number of piperidine rings is 1. The molecule has 3 rings (SSSR count). The van der Waals surface area contributed by atoms with Gasteiger partial charge in [-0.15, -0.1) is 0 Å². The van der Waals surface area contributed by atoms with E-state index in [4.69, 9.17) is 5.73 Å². The molecule has 3 N–H and O–H groups in total. The molecule has 2 atom stereocenters. The molecule has 1 amide bonds. The average Bonchev–Trinajstić information content (AvgIpc) is 3.01. The van der Waals surface area contributed by atoms with Gasteiger partial charge in [0, 0.05) is 29.3 Å². The largest absolute Gasteiger partial charge is 0.371 e. The average molecular weight is 352 g/mol. The van der Waals surface area contributed by atoms with Crippen LogP contribution in [0.15, 0.2) is 22.7 Å². The zero-order chi connectivity index (χ0) is 14.8. The molecule has 0 saturated carbocycles. The van der Waals surface area contributed by atoms with Crippen LogP contribution in [-0.2, 0) is 0 Å². The first-order valence-electron chi connectivity index (χ1n) is 7.73. The molecule has 4 nitrogen and oxygen atoms in total. The Bertz CT molecular complexity index is 528. The molecule has 2 fully saturated rings. The standard InChI is InChI=1S/C16H22BrN3O/c17-14-9-12(5-6-13(14)16(18)21)20-8-2-3-11(10-20)15-4-1-7-19-15/h5-6,9,11,15,19H,1-4,7-8,10H2,(H2,18,21). The number of carbonyl (C=O) groups excluding carboxylic acids is 1. The van der Waals surface area contributed by atoms with Crippen molar-refractivity contribution >= 4 is 27.5 Å². The van der Waals surface area contributed by atoms with Crippen LogP contribution in [0, 0.1) is 5.92 Å². The molecule has 0 radical (unpaired) electrons. The normalized spacial score (nSPS) is 26.0. The second-order valence-corrected chi connectivity index (χ2v) is 6.93. The third-order valence-electron chi connectivity index (χ3n) is 4.71. The van der Waals surface area contributed by atoms with Crippen LogP contribution in [0.2, 0.25) is 0 Å². The molecule has 0 spiro atoms. The number of hydrogen-bond donors (Lipinski definition) is 2. The summed E-state index contributed by atoms with van der Waals surface area (Å²) in [6.45, 7) is 3.35. The Morgan fingerprint density at radius 3 is 2.86 bits per heavy atom. The van der Waals surface area contributed by atoms with Crippen LogP contribution < -0.4 is 16.0 Å². The highest BCUT2D eigenvalue weighted by Gasteiger charge is 2.29. The third-order valence-corrected chi connectivity index (χ3v) is 5.36. The van der Waals surface area contributed by atoms with Crippen molar-refractivity contribution in [3.05, 3.63) is 28.2 Å². The van der Waals surface area contributed by atoms with Gasteiger partial charge in [-0.05, 0) is 72.3 Å². The lowest BCUT2D eigenvalue weighted by atomic mass is 9.89. The topological polar surface area (TPSA) is 58.4 Å². The number of halogens is 1. The molecule has 1 aromatic carbocycles. The number of rotatable bonds is 3. The van der Waals surface area contributed by atoms with Gasteiger partial charge >= 0.3 is 0 Å². The van der Waals surface area contributed by atoms with Gasteiger partial charge in [-0.2, -0.15) is 0 Å². The van der Waals surface area contributed by atoms with Crippen LogP contribution in [0.4, 0.5) is 5.69 Å². The summed E-state index contributed by atoms with van der Waals surface area (Å²) >= 11 is 3.46. The molecule has 2 aliphatic rings. The highest BCUT2D eigenvalue weighted by molar-refractivity contribution is 9.10. The molecule has 0 aliphatic carbocycles. The van der Waals surface area contributed by atoms with Crippen LogP contribution in [0.5, 0.6) is 0 Å². The Morgan fingerprint density at radius 1 is 1.33 bits per heavy atom. The van der Waals surface area contributed by atoms with Crippen LogP contribution in [0.25, 0.3) is 0 Å². The van der Waals surface area contributed by atoms with Crippen molar-refractivity contribution in [2.45, 2.75) is 31.7 Å². The summed E-state index contributed by atoms with van der Waals surface area (Å²) in [7, 11) is 0. The predicted molar refractivity (Wildman–Crippen MR) is 88.6 cm³/mol. The van der Waals surface area contributed by atoms with E-state index in [2.05, 4.69) is 26.1 Å². The fraction of sp³-hybridized carbons (Fsp3) is 0.562. The molecule has 114 valence electrons. The zero-order valence-electron chi connectivity index (χ0n) is 12.1. The van der Waals surface area contributed by atoms with Crippen molar-refractivity contribution in [1.29, 1.82) is 0 Å². The van der Waals surface area contributed by atoms with Gasteiger partial charge < -0.3 is 16.0 Å². The molecule has 2 heterocycles. The summed E-state index contributed by atoms with van der Waals surface area (Å²) in [5.41, 5.74) is 7.08. The molecule has 0 aromatic heterocycles. The van der Waals surface area contributed by atoms with E-state index in [-0.39, 0.29) is 5.91 Å². The number of nitrogens with zero attached hydrogens (tertiary/aromatic N) is 1. The predicted octanol–water partition coefficient (Wildman–Crippen LogP) is 2.52. The molecule has 2 unspecified atom stereocenters. The van der Waals surface area contributed by atoms with E-state index in [1.165, 1.54) is 37.9 Å². The van der Waals surface area contributed by atoms with Gasteiger partial charge in [-0.25, -0.2) is 0 Å². The maximum atomic E-state index is 11.3. The minimum absolute atomic E-state index is 0.389. The van der Waals surface area contributed by atoms with Crippen LogP contribution in [0.3, 0.4) is 0 Å². The minimum Gasteiger partial charge on any atom is -0.371 e. The van der Waals surface area contributed by atoms with E-state index < -0.39 is 0 Å². The molecule has 21 heavy (non-hydrogen) atoms. The lowest BCUT2D eigenvalue weighted by Gasteiger charge is -2.37. The van der Waals surface area contributed by atoms with E-state index in [0.29, 0.717) is 11.6 Å². The summed E-state index contributed by atoms with van der Waals surface area (Å²) in [6, 6.07) is 6.53. The molecular formula is C16H22BrN3O. The Kier molecular flexibility index (Phi) is 4.50.